The molecule has 0 spiro atoms. The number of nitrogens with two attached hydrogens (primary N) is 2. The van der Waals surface area contributed by atoms with Crippen LogP contribution in [-0.4, -0.2) is 11.6 Å². The SMILES string of the molecule is CCC1(C)CCCC(C)(N)C1N. The van der Waals surface area contributed by atoms with E-state index < -0.39 is 0 Å². The fourth-order valence-corrected chi connectivity index (χ4v) is 2.38. The molecule has 2 heteroatoms. The van der Waals surface area contributed by atoms with Crippen LogP contribution in [0.15, 0.2) is 0 Å². The fraction of sp³-hybridized carbons (Fsp3) is 1.00. The minimum absolute atomic E-state index is 0.150. The summed E-state index contributed by atoms with van der Waals surface area (Å²) < 4.78 is 0. The van der Waals surface area contributed by atoms with Gasteiger partial charge in [-0.25, -0.2) is 0 Å². The molecule has 12 heavy (non-hydrogen) atoms. The summed E-state index contributed by atoms with van der Waals surface area (Å²) in [5.74, 6) is 0. The van der Waals surface area contributed by atoms with E-state index in [4.69, 9.17) is 11.5 Å². The van der Waals surface area contributed by atoms with Crippen LogP contribution in [0.2, 0.25) is 0 Å². The Labute approximate surface area is 75.7 Å². The van der Waals surface area contributed by atoms with Gasteiger partial charge < -0.3 is 11.5 Å². The van der Waals surface area contributed by atoms with Crippen LogP contribution in [-0.2, 0) is 0 Å². The van der Waals surface area contributed by atoms with Crippen molar-refractivity contribution in [1.82, 2.24) is 0 Å². The van der Waals surface area contributed by atoms with Gasteiger partial charge in [-0.3, -0.25) is 0 Å². The van der Waals surface area contributed by atoms with Crippen LogP contribution >= 0.6 is 0 Å². The van der Waals surface area contributed by atoms with E-state index in [9.17, 15) is 0 Å². The molecule has 0 amide bonds. The van der Waals surface area contributed by atoms with Gasteiger partial charge in [0.15, 0.2) is 0 Å². The minimum atomic E-state index is -0.150. The normalized spacial score (nSPS) is 49.2. The summed E-state index contributed by atoms with van der Waals surface area (Å²) in [5, 5.41) is 0. The third kappa shape index (κ3) is 1.50. The average molecular weight is 170 g/mol. The van der Waals surface area contributed by atoms with Gasteiger partial charge in [0.1, 0.15) is 0 Å². The molecular formula is C10H22N2. The Bertz CT molecular complexity index is 165. The van der Waals surface area contributed by atoms with Crippen molar-refractivity contribution < 1.29 is 0 Å². The summed E-state index contributed by atoms with van der Waals surface area (Å²) in [7, 11) is 0. The van der Waals surface area contributed by atoms with Gasteiger partial charge in [-0.05, 0) is 31.6 Å². The Kier molecular flexibility index (Phi) is 2.50. The summed E-state index contributed by atoms with van der Waals surface area (Å²) in [6, 6.07) is 0.156. The molecule has 0 aliphatic heterocycles. The number of hydrogen-bond acceptors (Lipinski definition) is 2. The van der Waals surface area contributed by atoms with Gasteiger partial charge in [0.05, 0.1) is 0 Å². The van der Waals surface area contributed by atoms with E-state index in [1.165, 1.54) is 12.8 Å². The second kappa shape index (κ2) is 3.00. The summed E-state index contributed by atoms with van der Waals surface area (Å²) >= 11 is 0. The van der Waals surface area contributed by atoms with Crippen LogP contribution in [0.4, 0.5) is 0 Å². The smallest absolute Gasteiger partial charge is 0.0284 e. The molecule has 0 aromatic heterocycles. The highest BCUT2D eigenvalue weighted by molar-refractivity contribution is 5.03. The summed E-state index contributed by atoms with van der Waals surface area (Å²) in [6.07, 6.45) is 4.67. The molecular weight excluding hydrogens is 148 g/mol. The molecule has 72 valence electrons. The first-order chi connectivity index (χ1) is 5.42. The molecule has 0 aromatic rings. The van der Waals surface area contributed by atoms with Gasteiger partial charge in [-0.15, -0.1) is 0 Å². The Morgan fingerprint density at radius 3 is 2.33 bits per heavy atom. The van der Waals surface area contributed by atoms with Crippen LogP contribution in [0, 0.1) is 5.41 Å². The third-order valence-corrected chi connectivity index (χ3v) is 3.73. The van der Waals surface area contributed by atoms with Gasteiger partial charge in [0, 0.05) is 11.6 Å². The lowest BCUT2D eigenvalue weighted by Crippen LogP contribution is -2.62. The van der Waals surface area contributed by atoms with Crippen molar-refractivity contribution in [2.24, 2.45) is 16.9 Å². The van der Waals surface area contributed by atoms with Gasteiger partial charge in [0.2, 0.25) is 0 Å². The van der Waals surface area contributed by atoms with E-state index in [0.29, 0.717) is 0 Å². The largest absolute Gasteiger partial charge is 0.326 e. The molecule has 2 nitrogen and oxygen atoms in total. The lowest BCUT2D eigenvalue weighted by molar-refractivity contribution is 0.101. The molecule has 0 bridgehead atoms. The molecule has 3 unspecified atom stereocenters. The molecule has 1 aliphatic carbocycles. The van der Waals surface area contributed by atoms with E-state index in [1.807, 2.05) is 0 Å². The second-order valence-corrected chi connectivity index (χ2v) is 4.84. The standard InChI is InChI=1S/C10H22N2/c1-4-9(2)6-5-7-10(3,12)8(9)11/h8H,4-7,11-12H2,1-3H3. The number of rotatable bonds is 1. The zero-order valence-corrected chi connectivity index (χ0v) is 8.56. The summed E-state index contributed by atoms with van der Waals surface area (Å²) in [4.78, 5) is 0. The monoisotopic (exact) mass is 170 g/mol. The maximum Gasteiger partial charge on any atom is 0.0284 e. The predicted molar refractivity (Wildman–Crippen MR) is 52.8 cm³/mol. The van der Waals surface area contributed by atoms with Crippen molar-refractivity contribution >= 4 is 0 Å². The van der Waals surface area contributed by atoms with Crippen LogP contribution in [0.25, 0.3) is 0 Å². The van der Waals surface area contributed by atoms with Gasteiger partial charge in [-0.2, -0.15) is 0 Å². The van der Waals surface area contributed by atoms with Gasteiger partial charge >= 0.3 is 0 Å². The Hall–Kier alpha value is -0.0800. The van der Waals surface area contributed by atoms with Gasteiger partial charge in [-0.1, -0.05) is 20.3 Å². The van der Waals surface area contributed by atoms with Crippen molar-refractivity contribution in [3.8, 4) is 0 Å². The van der Waals surface area contributed by atoms with E-state index in [1.54, 1.807) is 0 Å². The molecule has 1 saturated carbocycles. The van der Waals surface area contributed by atoms with Gasteiger partial charge in [0.25, 0.3) is 0 Å². The number of hydrogen-bond donors (Lipinski definition) is 2. The predicted octanol–water partition coefficient (Wildman–Crippen LogP) is 1.63. The molecule has 0 heterocycles. The highest BCUT2D eigenvalue weighted by atomic mass is 14.9. The first-order valence-corrected chi connectivity index (χ1v) is 4.97. The van der Waals surface area contributed by atoms with E-state index in [2.05, 4.69) is 20.8 Å². The van der Waals surface area contributed by atoms with Crippen LogP contribution in [0.1, 0.15) is 46.5 Å². The maximum absolute atomic E-state index is 6.18. The lowest BCUT2D eigenvalue weighted by atomic mass is 9.63. The molecule has 1 aliphatic rings. The minimum Gasteiger partial charge on any atom is -0.326 e. The zero-order chi connectivity index (χ0) is 9.41. The van der Waals surface area contributed by atoms with Crippen molar-refractivity contribution in [3.05, 3.63) is 0 Å². The molecule has 1 fully saturated rings. The zero-order valence-electron chi connectivity index (χ0n) is 8.56. The summed E-state index contributed by atoms with van der Waals surface area (Å²) in [5.41, 5.74) is 12.4. The molecule has 0 radical (unpaired) electrons. The third-order valence-electron chi connectivity index (χ3n) is 3.73. The lowest BCUT2D eigenvalue weighted by Gasteiger charge is -2.48. The Morgan fingerprint density at radius 1 is 1.33 bits per heavy atom. The highest BCUT2D eigenvalue weighted by Gasteiger charge is 2.43. The highest BCUT2D eigenvalue weighted by Crippen LogP contribution is 2.41. The fourth-order valence-electron chi connectivity index (χ4n) is 2.38. The van der Waals surface area contributed by atoms with Crippen molar-refractivity contribution in [1.29, 1.82) is 0 Å². The van der Waals surface area contributed by atoms with E-state index in [0.717, 1.165) is 12.8 Å². The second-order valence-electron chi connectivity index (χ2n) is 4.84. The van der Waals surface area contributed by atoms with Crippen molar-refractivity contribution in [2.45, 2.75) is 58.0 Å². The first-order valence-electron chi connectivity index (χ1n) is 4.97. The maximum atomic E-state index is 6.18. The van der Waals surface area contributed by atoms with E-state index >= 15 is 0 Å². The quantitative estimate of drug-likeness (QED) is 0.628. The van der Waals surface area contributed by atoms with Crippen molar-refractivity contribution in [2.75, 3.05) is 0 Å². The molecule has 3 atom stereocenters. The van der Waals surface area contributed by atoms with Crippen molar-refractivity contribution in [3.63, 3.8) is 0 Å². The first kappa shape index (κ1) is 10.0. The van der Waals surface area contributed by atoms with Crippen LogP contribution in [0.3, 0.4) is 0 Å². The Morgan fingerprint density at radius 2 is 1.92 bits per heavy atom. The van der Waals surface area contributed by atoms with Crippen LogP contribution < -0.4 is 11.5 Å². The molecule has 1 rings (SSSR count). The summed E-state index contributed by atoms with van der Waals surface area (Å²) in [6.45, 7) is 6.56. The molecule has 0 saturated heterocycles. The molecule has 4 N–H and O–H groups in total. The average Bonchev–Trinajstić information content (AvgIpc) is 2.00. The molecule has 0 aromatic carbocycles. The topological polar surface area (TPSA) is 52.0 Å². The van der Waals surface area contributed by atoms with E-state index in [-0.39, 0.29) is 17.0 Å². The van der Waals surface area contributed by atoms with Crippen LogP contribution in [0.5, 0.6) is 0 Å². The Balaban J connectivity index is 2.79.